The Kier molecular flexibility index (Phi) is 3.85. The minimum absolute atomic E-state index is 0.419. The first-order valence-corrected chi connectivity index (χ1v) is 7.81. The minimum Gasteiger partial charge on any atom is -0.316 e. The quantitative estimate of drug-likeness (QED) is 0.781. The second-order valence-electron chi connectivity index (χ2n) is 5.11. The van der Waals surface area contributed by atoms with Crippen molar-refractivity contribution in [2.24, 2.45) is 7.05 Å². The molecule has 2 aromatic heterocycles. The highest BCUT2D eigenvalue weighted by molar-refractivity contribution is 7.07. The number of likely N-dealkylation sites (N-methyl/N-ethyl adjacent to an activating group) is 1. The monoisotopic (exact) mass is 285 g/mol. The summed E-state index contributed by atoms with van der Waals surface area (Å²) in [5.41, 5.74) is 3.78. The topological polar surface area (TPSA) is 29.9 Å². The van der Waals surface area contributed by atoms with Gasteiger partial charge in [0.15, 0.2) is 0 Å². The first kappa shape index (κ1) is 13.3. The van der Waals surface area contributed by atoms with Crippen LogP contribution in [0.25, 0.3) is 10.9 Å². The van der Waals surface area contributed by atoms with Crippen molar-refractivity contribution in [2.75, 3.05) is 7.05 Å². The molecule has 1 unspecified atom stereocenters. The first-order valence-electron chi connectivity index (χ1n) is 6.87. The van der Waals surface area contributed by atoms with E-state index in [4.69, 9.17) is 0 Å². The highest BCUT2D eigenvalue weighted by Gasteiger charge is 2.14. The SMILES string of the molecule is CNC(Cc1ccsc1)Cc1nn(C)c2ccccc12. The number of hydrogen-bond acceptors (Lipinski definition) is 3. The fourth-order valence-corrected chi connectivity index (χ4v) is 3.32. The maximum Gasteiger partial charge on any atom is 0.0718 e. The van der Waals surface area contributed by atoms with Crippen molar-refractivity contribution in [3.8, 4) is 0 Å². The van der Waals surface area contributed by atoms with E-state index in [2.05, 4.69) is 51.5 Å². The number of aryl methyl sites for hydroxylation is 1. The Balaban J connectivity index is 1.84. The molecule has 1 aromatic carbocycles. The molecule has 0 radical (unpaired) electrons. The zero-order valence-corrected chi connectivity index (χ0v) is 12.7. The van der Waals surface area contributed by atoms with Crippen LogP contribution in [-0.4, -0.2) is 22.9 Å². The van der Waals surface area contributed by atoms with Crippen LogP contribution in [0.4, 0.5) is 0 Å². The molecule has 0 saturated carbocycles. The Morgan fingerprint density at radius 2 is 2.10 bits per heavy atom. The third kappa shape index (κ3) is 2.62. The summed E-state index contributed by atoms with van der Waals surface area (Å²) in [6.07, 6.45) is 2.00. The van der Waals surface area contributed by atoms with Gasteiger partial charge in [0.1, 0.15) is 0 Å². The van der Waals surface area contributed by atoms with Gasteiger partial charge in [0.25, 0.3) is 0 Å². The van der Waals surface area contributed by atoms with Gasteiger partial charge >= 0.3 is 0 Å². The molecule has 0 saturated heterocycles. The number of fused-ring (bicyclic) bond motifs is 1. The van der Waals surface area contributed by atoms with Gasteiger partial charge in [-0.05, 0) is 41.9 Å². The summed E-state index contributed by atoms with van der Waals surface area (Å²) in [5.74, 6) is 0. The van der Waals surface area contributed by atoms with Crippen molar-refractivity contribution in [1.29, 1.82) is 0 Å². The summed E-state index contributed by atoms with van der Waals surface area (Å²) in [5, 5.41) is 13.7. The lowest BCUT2D eigenvalue weighted by Gasteiger charge is -2.14. The van der Waals surface area contributed by atoms with E-state index < -0.39 is 0 Å². The van der Waals surface area contributed by atoms with Gasteiger partial charge in [-0.1, -0.05) is 18.2 Å². The number of benzene rings is 1. The van der Waals surface area contributed by atoms with Crippen molar-refractivity contribution in [3.05, 3.63) is 52.3 Å². The van der Waals surface area contributed by atoms with Crippen molar-refractivity contribution < 1.29 is 0 Å². The van der Waals surface area contributed by atoms with Crippen molar-refractivity contribution in [2.45, 2.75) is 18.9 Å². The predicted octanol–water partition coefficient (Wildman–Crippen LogP) is 3.01. The molecule has 0 amide bonds. The summed E-state index contributed by atoms with van der Waals surface area (Å²) < 4.78 is 1.97. The summed E-state index contributed by atoms with van der Waals surface area (Å²) in [6.45, 7) is 0. The number of nitrogens with one attached hydrogen (secondary N) is 1. The van der Waals surface area contributed by atoms with Gasteiger partial charge in [-0.15, -0.1) is 0 Å². The molecule has 0 spiro atoms. The maximum absolute atomic E-state index is 4.69. The number of rotatable bonds is 5. The summed E-state index contributed by atoms with van der Waals surface area (Å²) in [4.78, 5) is 0. The maximum atomic E-state index is 4.69. The summed E-state index contributed by atoms with van der Waals surface area (Å²) in [7, 11) is 4.04. The van der Waals surface area contributed by atoms with Gasteiger partial charge in [0, 0.05) is 24.9 Å². The number of hydrogen-bond donors (Lipinski definition) is 1. The smallest absolute Gasteiger partial charge is 0.0718 e. The molecule has 2 heterocycles. The van der Waals surface area contributed by atoms with Gasteiger partial charge < -0.3 is 5.32 Å². The van der Waals surface area contributed by atoms with Crippen LogP contribution in [0.5, 0.6) is 0 Å². The van der Waals surface area contributed by atoms with E-state index >= 15 is 0 Å². The van der Waals surface area contributed by atoms with Crippen LogP contribution in [0.1, 0.15) is 11.3 Å². The highest BCUT2D eigenvalue weighted by Crippen LogP contribution is 2.20. The minimum atomic E-state index is 0.419. The molecule has 0 aliphatic rings. The first-order chi connectivity index (χ1) is 9.78. The lowest BCUT2D eigenvalue weighted by Crippen LogP contribution is -2.30. The molecule has 20 heavy (non-hydrogen) atoms. The molecule has 4 heteroatoms. The van der Waals surface area contributed by atoms with Gasteiger partial charge in [-0.2, -0.15) is 16.4 Å². The number of aromatic nitrogens is 2. The van der Waals surface area contributed by atoms with E-state index in [-0.39, 0.29) is 0 Å². The average Bonchev–Trinajstić information content (AvgIpc) is 3.08. The Bertz CT molecular complexity index is 685. The molecular formula is C16H19N3S. The zero-order valence-electron chi connectivity index (χ0n) is 11.8. The standard InChI is InChI=1S/C16H19N3S/c1-17-13(9-12-7-8-20-11-12)10-15-14-5-3-4-6-16(14)19(2)18-15/h3-8,11,13,17H,9-10H2,1-2H3. The van der Waals surface area contributed by atoms with Crippen molar-refractivity contribution in [1.82, 2.24) is 15.1 Å². The number of para-hydroxylation sites is 1. The molecule has 0 aliphatic carbocycles. The molecular weight excluding hydrogens is 266 g/mol. The molecule has 0 fully saturated rings. The molecule has 1 N–H and O–H groups in total. The fraction of sp³-hybridized carbons (Fsp3) is 0.312. The highest BCUT2D eigenvalue weighted by atomic mass is 32.1. The van der Waals surface area contributed by atoms with Crippen LogP contribution < -0.4 is 5.32 Å². The Labute approximate surface area is 123 Å². The van der Waals surface area contributed by atoms with Crippen LogP contribution in [0, 0.1) is 0 Å². The molecule has 1 atom stereocenters. The molecule has 3 rings (SSSR count). The van der Waals surface area contributed by atoms with E-state index in [1.165, 1.54) is 22.2 Å². The van der Waals surface area contributed by atoms with E-state index in [1.54, 1.807) is 11.3 Å². The summed E-state index contributed by atoms with van der Waals surface area (Å²) >= 11 is 1.76. The third-order valence-electron chi connectivity index (χ3n) is 3.74. The van der Waals surface area contributed by atoms with Crippen molar-refractivity contribution in [3.63, 3.8) is 0 Å². The number of nitrogens with zero attached hydrogens (tertiary/aromatic N) is 2. The molecule has 104 valence electrons. The third-order valence-corrected chi connectivity index (χ3v) is 4.48. The van der Waals surface area contributed by atoms with Crippen LogP contribution in [0.15, 0.2) is 41.1 Å². The normalized spacial score (nSPS) is 12.9. The number of thiophene rings is 1. The Hall–Kier alpha value is -1.65. The van der Waals surface area contributed by atoms with Crippen LogP contribution in [-0.2, 0) is 19.9 Å². The van der Waals surface area contributed by atoms with Crippen molar-refractivity contribution >= 4 is 22.2 Å². The lowest BCUT2D eigenvalue weighted by molar-refractivity contribution is 0.548. The van der Waals surface area contributed by atoms with E-state index in [0.717, 1.165) is 12.8 Å². The Morgan fingerprint density at radius 3 is 2.85 bits per heavy atom. The van der Waals surface area contributed by atoms with Crippen LogP contribution in [0.2, 0.25) is 0 Å². The average molecular weight is 285 g/mol. The van der Waals surface area contributed by atoms with E-state index in [1.807, 2.05) is 18.8 Å². The summed E-state index contributed by atoms with van der Waals surface area (Å²) in [6, 6.07) is 11.1. The van der Waals surface area contributed by atoms with Gasteiger partial charge in [0.05, 0.1) is 11.2 Å². The fourth-order valence-electron chi connectivity index (χ4n) is 2.64. The second kappa shape index (κ2) is 5.77. The zero-order chi connectivity index (χ0) is 13.9. The van der Waals surface area contributed by atoms with Gasteiger partial charge in [-0.25, -0.2) is 0 Å². The Morgan fingerprint density at radius 1 is 1.25 bits per heavy atom. The van der Waals surface area contributed by atoms with Crippen LogP contribution >= 0.6 is 11.3 Å². The van der Waals surface area contributed by atoms with Gasteiger partial charge in [-0.3, -0.25) is 4.68 Å². The molecule has 0 bridgehead atoms. The molecule has 3 nitrogen and oxygen atoms in total. The second-order valence-corrected chi connectivity index (χ2v) is 5.89. The van der Waals surface area contributed by atoms with Crippen LogP contribution in [0.3, 0.4) is 0 Å². The van der Waals surface area contributed by atoms with E-state index in [9.17, 15) is 0 Å². The molecule has 0 aliphatic heterocycles. The van der Waals surface area contributed by atoms with Gasteiger partial charge in [0.2, 0.25) is 0 Å². The largest absolute Gasteiger partial charge is 0.316 e. The lowest BCUT2D eigenvalue weighted by atomic mass is 10.0. The van der Waals surface area contributed by atoms with E-state index in [0.29, 0.717) is 6.04 Å². The molecule has 3 aromatic rings. The predicted molar refractivity (Wildman–Crippen MR) is 85.3 cm³/mol.